The van der Waals surface area contributed by atoms with Crippen LogP contribution < -0.4 is 5.32 Å². The Hall–Kier alpha value is -0.0900. The van der Waals surface area contributed by atoms with Crippen molar-refractivity contribution in [1.82, 2.24) is 5.32 Å². The molecule has 1 N–H and O–H groups in total. The molecule has 0 aromatic carbocycles. The van der Waals surface area contributed by atoms with Gasteiger partial charge in [-0.1, -0.05) is 18.5 Å². The number of hydrogen-bond donors (Lipinski definition) is 1. The highest BCUT2D eigenvalue weighted by atomic mass is 35.5. The van der Waals surface area contributed by atoms with Crippen LogP contribution in [0.3, 0.4) is 0 Å². The molecule has 4 heteroatoms. The van der Waals surface area contributed by atoms with Crippen LogP contribution in [-0.2, 0) is 4.74 Å². The minimum absolute atomic E-state index is 0.407. The van der Waals surface area contributed by atoms with Crippen LogP contribution in [-0.4, -0.2) is 19.8 Å². The van der Waals surface area contributed by atoms with Gasteiger partial charge in [-0.05, 0) is 31.9 Å². The first-order valence-electron chi connectivity index (χ1n) is 5.67. The Bertz CT molecular complexity index is 303. The van der Waals surface area contributed by atoms with Gasteiger partial charge >= 0.3 is 0 Å². The van der Waals surface area contributed by atoms with E-state index in [4.69, 9.17) is 16.3 Å². The number of ether oxygens (including phenoxy) is 1. The Morgan fingerprint density at radius 3 is 2.75 bits per heavy atom. The summed E-state index contributed by atoms with van der Waals surface area (Å²) in [6, 6.07) is 4.94. The molecule has 2 atom stereocenters. The highest BCUT2D eigenvalue weighted by Gasteiger charge is 2.14. The molecule has 1 heterocycles. The highest BCUT2D eigenvalue weighted by Crippen LogP contribution is 2.28. The summed E-state index contributed by atoms with van der Waals surface area (Å²) in [6.07, 6.45) is 2.11. The summed E-state index contributed by atoms with van der Waals surface area (Å²) < 4.78 is 5.94. The lowest BCUT2D eigenvalue weighted by Crippen LogP contribution is -2.30. The Morgan fingerprint density at radius 2 is 2.25 bits per heavy atom. The lowest BCUT2D eigenvalue weighted by molar-refractivity contribution is 0.182. The summed E-state index contributed by atoms with van der Waals surface area (Å²) in [5, 5.41) is 3.60. The molecule has 0 bridgehead atoms. The van der Waals surface area contributed by atoms with E-state index in [1.807, 2.05) is 6.07 Å². The van der Waals surface area contributed by atoms with Gasteiger partial charge in [0.25, 0.3) is 0 Å². The molecule has 2 nitrogen and oxygen atoms in total. The van der Waals surface area contributed by atoms with Crippen molar-refractivity contribution in [1.29, 1.82) is 0 Å². The van der Waals surface area contributed by atoms with Crippen LogP contribution in [0.4, 0.5) is 0 Å². The van der Waals surface area contributed by atoms with Crippen molar-refractivity contribution in [3.63, 3.8) is 0 Å². The van der Waals surface area contributed by atoms with E-state index in [1.165, 1.54) is 4.88 Å². The number of hydrogen-bond acceptors (Lipinski definition) is 3. The molecular weight excluding hydrogens is 242 g/mol. The molecule has 0 fully saturated rings. The second-order valence-corrected chi connectivity index (χ2v) is 5.70. The zero-order valence-corrected chi connectivity index (χ0v) is 11.7. The molecule has 0 aliphatic rings. The average Bonchev–Trinajstić information content (AvgIpc) is 2.69. The van der Waals surface area contributed by atoms with Crippen molar-refractivity contribution in [2.45, 2.75) is 38.8 Å². The predicted molar refractivity (Wildman–Crippen MR) is 71.5 cm³/mol. The van der Waals surface area contributed by atoms with Crippen LogP contribution >= 0.6 is 22.9 Å². The fraction of sp³-hybridized carbons (Fsp3) is 0.667. The van der Waals surface area contributed by atoms with Gasteiger partial charge in [-0.25, -0.2) is 0 Å². The van der Waals surface area contributed by atoms with Gasteiger partial charge in [0.1, 0.15) is 0 Å². The average molecular weight is 262 g/mol. The van der Waals surface area contributed by atoms with Crippen molar-refractivity contribution < 1.29 is 4.74 Å². The molecule has 0 amide bonds. The fourth-order valence-corrected chi connectivity index (χ4v) is 2.84. The minimum Gasteiger partial charge on any atom is -0.385 e. The normalized spacial score (nSPS) is 15.0. The number of nitrogens with one attached hydrogen (secondary N) is 1. The van der Waals surface area contributed by atoms with Gasteiger partial charge in [0, 0.05) is 30.7 Å². The Kier molecular flexibility index (Phi) is 6.36. The maximum Gasteiger partial charge on any atom is 0.0931 e. The smallest absolute Gasteiger partial charge is 0.0931 e. The summed E-state index contributed by atoms with van der Waals surface area (Å²) in [4.78, 5) is 1.32. The van der Waals surface area contributed by atoms with Gasteiger partial charge in [0.2, 0.25) is 0 Å². The molecular formula is C12H20ClNOS. The summed E-state index contributed by atoms with van der Waals surface area (Å²) >= 11 is 7.61. The number of thiophene rings is 1. The lowest BCUT2D eigenvalue weighted by atomic mass is 10.1. The minimum atomic E-state index is 0.407. The van der Waals surface area contributed by atoms with E-state index in [0.29, 0.717) is 12.1 Å². The zero-order chi connectivity index (χ0) is 12.0. The summed E-state index contributed by atoms with van der Waals surface area (Å²) in [5.74, 6) is 0. The standard InChI is InChI=1S/C12H20ClNOS/c1-4-10(11-5-6-12(13)16-11)14-9(2)7-8-15-3/h5-6,9-10,14H,4,7-8H2,1-3H3. The second-order valence-electron chi connectivity index (χ2n) is 3.95. The first-order chi connectivity index (χ1) is 7.67. The van der Waals surface area contributed by atoms with Crippen LogP contribution in [0.1, 0.15) is 37.6 Å². The molecule has 1 aromatic rings. The second kappa shape index (κ2) is 7.28. The molecule has 1 rings (SSSR count). The highest BCUT2D eigenvalue weighted by molar-refractivity contribution is 7.16. The third-order valence-corrected chi connectivity index (χ3v) is 3.93. The Labute approximate surface area is 107 Å². The molecule has 0 saturated carbocycles. The third kappa shape index (κ3) is 4.42. The molecule has 0 aliphatic heterocycles. The first kappa shape index (κ1) is 14.0. The van der Waals surface area contributed by atoms with Gasteiger partial charge in [0.05, 0.1) is 4.34 Å². The van der Waals surface area contributed by atoms with E-state index in [1.54, 1.807) is 18.4 Å². The van der Waals surface area contributed by atoms with Crippen LogP contribution in [0.15, 0.2) is 12.1 Å². The van der Waals surface area contributed by atoms with Crippen LogP contribution in [0.25, 0.3) is 0 Å². The number of halogens is 1. The van der Waals surface area contributed by atoms with E-state index in [-0.39, 0.29) is 0 Å². The van der Waals surface area contributed by atoms with Gasteiger partial charge in [-0.2, -0.15) is 0 Å². The zero-order valence-electron chi connectivity index (χ0n) is 10.1. The molecule has 0 saturated heterocycles. The van der Waals surface area contributed by atoms with Gasteiger partial charge in [-0.3, -0.25) is 0 Å². The molecule has 0 spiro atoms. The predicted octanol–water partition coefficient (Wildman–Crippen LogP) is 3.87. The largest absolute Gasteiger partial charge is 0.385 e. The monoisotopic (exact) mass is 261 g/mol. The van der Waals surface area contributed by atoms with E-state index >= 15 is 0 Å². The maximum absolute atomic E-state index is 5.95. The molecule has 0 aliphatic carbocycles. The van der Waals surface area contributed by atoms with Crippen molar-refractivity contribution >= 4 is 22.9 Å². The Morgan fingerprint density at radius 1 is 1.50 bits per heavy atom. The number of rotatable bonds is 7. The SMILES string of the molecule is CCC(NC(C)CCOC)c1ccc(Cl)s1. The Balaban J connectivity index is 2.48. The quantitative estimate of drug-likeness (QED) is 0.805. The van der Waals surface area contributed by atoms with Crippen molar-refractivity contribution in [2.75, 3.05) is 13.7 Å². The lowest BCUT2D eigenvalue weighted by Gasteiger charge is -2.21. The van der Waals surface area contributed by atoms with Crippen LogP contribution in [0.5, 0.6) is 0 Å². The number of methoxy groups -OCH3 is 1. The van der Waals surface area contributed by atoms with Crippen molar-refractivity contribution in [2.24, 2.45) is 0 Å². The van der Waals surface area contributed by atoms with E-state index in [2.05, 4.69) is 25.2 Å². The first-order valence-corrected chi connectivity index (χ1v) is 6.87. The topological polar surface area (TPSA) is 21.3 Å². The summed E-state index contributed by atoms with van der Waals surface area (Å²) in [7, 11) is 1.74. The summed E-state index contributed by atoms with van der Waals surface area (Å²) in [6.45, 7) is 5.18. The van der Waals surface area contributed by atoms with Gasteiger partial charge < -0.3 is 10.1 Å². The van der Waals surface area contributed by atoms with Crippen molar-refractivity contribution in [3.8, 4) is 0 Å². The van der Waals surface area contributed by atoms with E-state index < -0.39 is 0 Å². The maximum atomic E-state index is 5.95. The molecule has 92 valence electrons. The third-order valence-electron chi connectivity index (χ3n) is 2.59. The molecule has 0 radical (unpaired) electrons. The molecule has 1 aromatic heterocycles. The molecule has 2 unspecified atom stereocenters. The van der Waals surface area contributed by atoms with Gasteiger partial charge in [0.15, 0.2) is 0 Å². The molecule has 16 heavy (non-hydrogen) atoms. The summed E-state index contributed by atoms with van der Waals surface area (Å²) in [5.41, 5.74) is 0. The van der Waals surface area contributed by atoms with Crippen molar-refractivity contribution in [3.05, 3.63) is 21.3 Å². The van der Waals surface area contributed by atoms with E-state index in [0.717, 1.165) is 23.8 Å². The van der Waals surface area contributed by atoms with Crippen LogP contribution in [0, 0.1) is 0 Å². The van der Waals surface area contributed by atoms with Crippen LogP contribution in [0.2, 0.25) is 4.34 Å². The van der Waals surface area contributed by atoms with Gasteiger partial charge in [-0.15, -0.1) is 11.3 Å². The fourth-order valence-electron chi connectivity index (χ4n) is 1.64. The van der Waals surface area contributed by atoms with E-state index in [9.17, 15) is 0 Å².